The molecule has 1 heterocycles. The molecule has 0 spiro atoms. The normalized spacial score (nSPS) is 21.5. The summed E-state index contributed by atoms with van der Waals surface area (Å²) >= 11 is 0. The van der Waals surface area contributed by atoms with Gasteiger partial charge >= 0.3 is 11.9 Å². The molecule has 0 aromatic carbocycles. The van der Waals surface area contributed by atoms with Gasteiger partial charge in [0.15, 0.2) is 0 Å². The van der Waals surface area contributed by atoms with Crippen molar-refractivity contribution in [1.29, 1.82) is 0 Å². The maximum absolute atomic E-state index is 10.6. The number of ether oxygens (including phenoxy) is 1. The van der Waals surface area contributed by atoms with Crippen molar-refractivity contribution in [3.8, 4) is 0 Å². The van der Waals surface area contributed by atoms with E-state index in [0.717, 1.165) is 12.8 Å². The highest BCUT2D eigenvalue weighted by Gasteiger charge is 2.28. The molecule has 1 saturated heterocycles. The molecule has 0 saturated carbocycles. The summed E-state index contributed by atoms with van der Waals surface area (Å²) in [6, 6.07) is 0. The summed E-state index contributed by atoms with van der Waals surface area (Å²) in [5.74, 6) is -2.11. The Morgan fingerprint density at radius 3 is 2.27 bits per heavy atom. The average molecular weight is 216 g/mol. The van der Waals surface area contributed by atoms with E-state index in [4.69, 9.17) is 14.9 Å². The average Bonchev–Trinajstić information content (AvgIpc) is 2.17. The zero-order valence-electron chi connectivity index (χ0n) is 8.52. The lowest BCUT2D eigenvalue weighted by Gasteiger charge is -2.28. The first-order valence-electron chi connectivity index (χ1n) is 5.11. The summed E-state index contributed by atoms with van der Waals surface area (Å²) < 4.78 is 5.24. The van der Waals surface area contributed by atoms with E-state index in [9.17, 15) is 9.59 Å². The highest BCUT2D eigenvalue weighted by molar-refractivity contribution is 5.70. The third kappa shape index (κ3) is 4.29. The lowest BCUT2D eigenvalue weighted by Crippen LogP contribution is -2.28. The summed E-state index contributed by atoms with van der Waals surface area (Å²) in [4.78, 5) is 21.2. The zero-order valence-corrected chi connectivity index (χ0v) is 8.52. The Hall–Kier alpha value is -1.10. The molecule has 0 aromatic rings. The molecule has 0 amide bonds. The second-order valence-electron chi connectivity index (χ2n) is 3.93. The SMILES string of the molecule is O=C(O)CC(CC(=O)O)C1CCCOC1. The largest absolute Gasteiger partial charge is 0.481 e. The maximum Gasteiger partial charge on any atom is 0.303 e. The standard InChI is InChI=1S/C10H16O5/c11-9(12)4-8(5-10(13)14)7-2-1-3-15-6-7/h7-8H,1-6H2,(H,11,12)(H,13,14). The molecule has 5 nitrogen and oxygen atoms in total. The van der Waals surface area contributed by atoms with Crippen LogP contribution in [0.1, 0.15) is 25.7 Å². The number of carboxylic acid groups (broad SMARTS) is 2. The van der Waals surface area contributed by atoms with Crippen molar-refractivity contribution >= 4 is 11.9 Å². The van der Waals surface area contributed by atoms with Crippen molar-refractivity contribution in [2.24, 2.45) is 11.8 Å². The van der Waals surface area contributed by atoms with E-state index in [1.165, 1.54) is 0 Å². The van der Waals surface area contributed by atoms with Gasteiger partial charge in [-0.1, -0.05) is 0 Å². The van der Waals surface area contributed by atoms with Gasteiger partial charge in [-0.2, -0.15) is 0 Å². The predicted octanol–water partition coefficient (Wildman–Crippen LogP) is 0.979. The van der Waals surface area contributed by atoms with Crippen molar-refractivity contribution in [2.45, 2.75) is 25.7 Å². The minimum absolute atomic E-state index is 0.0750. The number of carbonyl (C=O) groups is 2. The van der Waals surface area contributed by atoms with E-state index in [2.05, 4.69) is 0 Å². The summed E-state index contributed by atoms with van der Waals surface area (Å²) in [6.45, 7) is 1.19. The van der Waals surface area contributed by atoms with Crippen molar-refractivity contribution in [2.75, 3.05) is 13.2 Å². The Kier molecular flexibility index (Phi) is 4.55. The Morgan fingerprint density at radius 1 is 1.27 bits per heavy atom. The molecule has 1 unspecified atom stereocenters. The monoisotopic (exact) mass is 216 g/mol. The molecular weight excluding hydrogens is 200 g/mol. The fraction of sp³-hybridized carbons (Fsp3) is 0.800. The molecule has 1 rings (SSSR count). The van der Waals surface area contributed by atoms with Gasteiger partial charge in [0.25, 0.3) is 0 Å². The summed E-state index contributed by atoms with van der Waals surface area (Å²) in [6.07, 6.45) is 1.59. The van der Waals surface area contributed by atoms with Gasteiger partial charge in [-0.15, -0.1) is 0 Å². The van der Waals surface area contributed by atoms with Gasteiger partial charge in [0.05, 0.1) is 0 Å². The van der Waals surface area contributed by atoms with Crippen molar-refractivity contribution in [3.63, 3.8) is 0 Å². The molecule has 1 aliphatic rings. The summed E-state index contributed by atoms with van der Waals surface area (Å²) in [7, 11) is 0. The van der Waals surface area contributed by atoms with Gasteiger partial charge in [-0.3, -0.25) is 9.59 Å². The van der Waals surface area contributed by atoms with Crippen LogP contribution >= 0.6 is 0 Å². The number of hydrogen-bond acceptors (Lipinski definition) is 3. The van der Waals surface area contributed by atoms with Gasteiger partial charge in [0.2, 0.25) is 0 Å². The topological polar surface area (TPSA) is 83.8 Å². The quantitative estimate of drug-likeness (QED) is 0.715. The molecule has 1 fully saturated rings. The van der Waals surface area contributed by atoms with Crippen LogP contribution in [-0.2, 0) is 14.3 Å². The maximum atomic E-state index is 10.6. The van der Waals surface area contributed by atoms with Gasteiger partial charge in [0, 0.05) is 26.1 Å². The van der Waals surface area contributed by atoms with Crippen LogP contribution in [0.5, 0.6) is 0 Å². The molecular formula is C10H16O5. The van der Waals surface area contributed by atoms with Crippen LogP contribution in [0.2, 0.25) is 0 Å². The van der Waals surface area contributed by atoms with Crippen molar-refractivity contribution in [3.05, 3.63) is 0 Å². The van der Waals surface area contributed by atoms with Gasteiger partial charge in [0.1, 0.15) is 0 Å². The van der Waals surface area contributed by atoms with Crippen molar-refractivity contribution < 1.29 is 24.5 Å². The molecule has 5 heteroatoms. The molecule has 0 bridgehead atoms. The van der Waals surface area contributed by atoms with Crippen LogP contribution in [0.15, 0.2) is 0 Å². The van der Waals surface area contributed by atoms with Gasteiger partial charge < -0.3 is 14.9 Å². The fourth-order valence-electron chi connectivity index (χ4n) is 1.99. The van der Waals surface area contributed by atoms with Crippen LogP contribution in [0.3, 0.4) is 0 Å². The summed E-state index contributed by atoms with van der Waals surface area (Å²) in [5.41, 5.74) is 0. The number of aliphatic carboxylic acids is 2. The number of rotatable bonds is 5. The van der Waals surface area contributed by atoms with E-state index >= 15 is 0 Å². The van der Waals surface area contributed by atoms with E-state index < -0.39 is 11.9 Å². The molecule has 0 aliphatic carbocycles. The lowest BCUT2D eigenvalue weighted by molar-refractivity contribution is -0.142. The van der Waals surface area contributed by atoms with E-state index in [1.54, 1.807) is 0 Å². The van der Waals surface area contributed by atoms with Gasteiger partial charge in [-0.25, -0.2) is 0 Å². The molecule has 2 N–H and O–H groups in total. The molecule has 1 atom stereocenters. The Balaban J connectivity index is 2.52. The van der Waals surface area contributed by atoms with Crippen LogP contribution in [0.4, 0.5) is 0 Å². The highest BCUT2D eigenvalue weighted by Crippen LogP contribution is 2.27. The smallest absolute Gasteiger partial charge is 0.303 e. The third-order valence-electron chi connectivity index (χ3n) is 2.74. The minimum atomic E-state index is -0.938. The van der Waals surface area contributed by atoms with Crippen LogP contribution in [-0.4, -0.2) is 35.4 Å². The molecule has 0 aromatic heterocycles. The highest BCUT2D eigenvalue weighted by atomic mass is 16.5. The van der Waals surface area contributed by atoms with E-state index in [0.29, 0.717) is 13.2 Å². The first-order valence-corrected chi connectivity index (χ1v) is 5.11. The second-order valence-corrected chi connectivity index (χ2v) is 3.93. The molecule has 15 heavy (non-hydrogen) atoms. The zero-order chi connectivity index (χ0) is 11.3. The fourth-order valence-corrected chi connectivity index (χ4v) is 1.99. The second kappa shape index (κ2) is 5.70. The lowest BCUT2D eigenvalue weighted by atomic mass is 9.83. The van der Waals surface area contributed by atoms with Crippen LogP contribution in [0.25, 0.3) is 0 Å². The minimum Gasteiger partial charge on any atom is -0.481 e. The first-order chi connectivity index (χ1) is 7.09. The Morgan fingerprint density at radius 2 is 1.87 bits per heavy atom. The number of carboxylic acids is 2. The Bertz CT molecular complexity index is 216. The van der Waals surface area contributed by atoms with E-state index in [-0.39, 0.29) is 24.7 Å². The van der Waals surface area contributed by atoms with E-state index in [1.807, 2.05) is 0 Å². The molecule has 86 valence electrons. The van der Waals surface area contributed by atoms with Gasteiger partial charge in [-0.05, 0) is 24.7 Å². The third-order valence-corrected chi connectivity index (χ3v) is 2.74. The number of hydrogen-bond donors (Lipinski definition) is 2. The van der Waals surface area contributed by atoms with Crippen molar-refractivity contribution in [1.82, 2.24) is 0 Å². The Labute approximate surface area is 88.0 Å². The molecule has 0 radical (unpaired) electrons. The molecule has 1 aliphatic heterocycles. The van der Waals surface area contributed by atoms with Crippen LogP contribution < -0.4 is 0 Å². The predicted molar refractivity (Wildman–Crippen MR) is 51.5 cm³/mol. The summed E-state index contributed by atoms with van der Waals surface area (Å²) in [5, 5.41) is 17.4. The first kappa shape index (κ1) is 12.0. The van der Waals surface area contributed by atoms with Crippen LogP contribution in [0, 0.1) is 11.8 Å².